The van der Waals surface area contributed by atoms with Crippen molar-refractivity contribution < 1.29 is 9.53 Å². The second kappa shape index (κ2) is 9.89. The Kier molecular flexibility index (Phi) is 7.27. The van der Waals surface area contributed by atoms with Gasteiger partial charge in [0, 0.05) is 31.6 Å². The minimum atomic E-state index is 0.285. The lowest BCUT2D eigenvalue weighted by Crippen LogP contribution is -2.49. The summed E-state index contributed by atoms with van der Waals surface area (Å²) in [5.74, 6) is 0.285. The Labute approximate surface area is 157 Å². The maximum atomic E-state index is 12.2. The number of likely N-dealkylation sites (tertiary alicyclic amines) is 2. The fourth-order valence-corrected chi connectivity index (χ4v) is 4.24. The molecule has 1 atom stereocenters. The van der Waals surface area contributed by atoms with Crippen LogP contribution in [0, 0.1) is 0 Å². The van der Waals surface area contributed by atoms with Gasteiger partial charge in [-0.2, -0.15) is 0 Å². The fraction of sp³-hybridized carbons (Fsp3) is 0.591. The first-order chi connectivity index (χ1) is 12.8. The van der Waals surface area contributed by atoms with Crippen molar-refractivity contribution in [3.63, 3.8) is 0 Å². The van der Waals surface area contributed by atoms with Crippen LogP contribution in [0.4, 0.5) is 0 Å². The van der Waals surface area contributed by atoms with Gasteiger partial charge in [-0.3, -0.25) is 9.69 Å². The van der Waals surface area contributed by atoms with Crippen LogP contribution in [0.3, 0.4) is 0 Å². The summed E-state index contributed by atoms with van der Waals surface area (Å²) in [4.78, 5) is 16.9. The van der Waals surface area contributed by atoms with E-state index in [2.05, 4.69) is 35.7 Å². The summed E-state index contributed by atoms with van der Waals surface area (Å²) in [5, 5.41) is 0. The summed E-state index contributed by atoms with van der Waals surface area (Å²) in [6, 6.07) is 11.5. The Morgan fingerprint density at radius 2 is 1.92 bits per heavy atom. The molecule has 2 saturated heterocycles. The van der Waals surface area contributed by atoms with Gasteiger partial charge in [0.15, 0.2) is 0 Å². The number of benzene rings is 1. The summed E-state index contributed by atoms with van der Waals surface area (Å²) in [5.41, 5.74) is 1.24. The van der Waals surface area contributed by atoms with Gasteiger partial charge in [-0.1, -0.05) is 36.4 Å². The highest BCUT2D eigenvalue weighted by molar-refractivity contribution is 5.76. The van der Waals surface area contributed by atoms with Gasteiger partial charge in [0.2, 0.25) is 5.91 Å². The quantitative estimate of drug-likeness (QED) is 0.667. The number of piperidine rings is 1. The van der Waals surface area contributed by atoms with E-state index in [1.165, 1.54) is 24.9 Å². The number of carbonyl (C=O) groups is 1. The van der Waals surface area contributed by atoms with E-state index < -0.39 is 0 Å². The summed E-state index contributed by atoms with van der Waals surface area (Å²) < 4.78 is 6.01. The molecule has 0 aliphatic carbocycles. The predicted octanol–water partition coefficient (Wildman–Crippen LogP) is 3.62. The summed E-state index contributed by atoms with van der Waals surface area (Å²) in [7, 11) is 0. The zero-order chi connectivity index (χ0) is 18.2. The number of rotatable bonds is 8. The van der Waals surface area contributed by atoms with Crippen molar-refractivity contribution in [2.24, 2.45) is 0 Å². The maximum Gasteiger partial charge on any atom is 0.222 e. The van der Waals surface area contributed by atoms with E-state index >= 15 is 0 Å². The standard InChI is InChI=1S/C22H32N2O2/c1-2-3-11-22(25)23-15-12-20(13-16-23)24-14-7-10-21(24)18-26-17-19-8-5-4-6-9-19/h2,4-6,8-9,20-21H,1,3,7,10-18H2/t21-/m0/s1. The van der Waals surface area contributed by atoms with Gasteiger partial charge in [-0.15, -0.1) is 6.58 Å². The minimum absolute atomic E-state index is 0.285. The number of hydrogen-bond donors (Lipinski definition) is 0. The second-order valence-electron chi connectivity index (χ2n) is 7.47. The largest absolute Gasteiger partial charge is 0.375 e. The van der Waals surface area contributed by atoms with Crippen molar-refractivity contribution >= 4 is 5.91 Å². The van der Waals surface area contributed by atoms with Crippen molar-refractivity contribution in [1.82, 2.24) is 9.80 Å². The van der Waals surface area contributed by atoms with E-state index in [9.17, 15) is 4.79 Å². The number of allylic oxidation sites excluding steroid dienone is 1. The summed E-state index contributed by atoms with van der Waals surface area (Å²) >= 11 is 0. The van der Waals surface area contributed by atoms with Crippen LogP contribution in [0.5, 0.6) is 0 Å². The van der Waals surface area contributed by atoms with Crippen LogP contribution in [0.2, 0.25) is 0 Å². The lowest BCUT2D eigenvalue weighted by Gasteiger charge is -2.39. The van der Waals surface area contributed by atoms with Crippen molar-refractivity contribution in [1.29, 1.82) is 0 Å². The Morgan fingerprint density at radius 3 is 2.65 bits per heavy atom. The topological polar surface area (TPSA) is 32.8 Å². The Bertz CT molecular complexity index is 567. The van der Waals surface area contributed by atoms with Gasteiger partial charge in [-0.25, -0.2) is 0 Å². The van der Waals surface area contributed by atoms with Gasteiger partial charge in [0.25, 0.3) is 0 Å². The first-order valence-electron chi connectivity index (χ1n) is 10.0. The molecule has 3 rings (SSSR count). The number of amides is 1. The lowest BCUT2D eigenvalue weighted by molar-refractivity contribution is -0.132. The summed E-state index contributed by atoms with van der Waals surface area (Å²) in [6.07, 6.45) is 7.89. The molecule has 26 heavy (non-hydrogen) atoms. The normalized spacial score (nSPS) is 21.8. The van der Waals surface area contributed by atoms with Crippen molar-refractivity contribution in [3.8, 4) is 0 Å². The van der Waals surface area contributed by atoms with E-state index in [1.807, 2.05) is 17.0 Å². The van der Waals surface area contributed by atoms with Gasteiger partial charge >= 0.3 is 0 Å². The minimum Gasteiger partial charge on any atom is -0.375 e. The van der Waals surface area contributed by atoms with Crippen molar-refractivity contribution in [3.05, 3.63) is 48.6 Å². The lowest BCUT2D eigenvalue weighted by atomic mass is 10.0. The maximum absolute atomic E-state index is 12.2. The molecule has 0 saturated carbocycles. The zero-order valence-electron chi connectivity index (χ0n) is 15.8. The highest BCUT2D eigenvalue weighted by atomic mass is 16.5. The van der Waals surface area contributed by atoms with Crippen LogP contribution in [-0.2, 0) is 16.1 Å². The van der Waals surface area contributed by atoms with Crippen LogP contribution in [0.25, 0.3) is 0 Å². The van der Waals surface area contributed by atoms with Crippen molar-refractivity contribution in [2.45, 2.75) is 57.2 Å². The van der Waals surface area contributed by atoms with Gasteiger partial charge in [0.05, 0.1) is 13.2 Å². The third-order valence-electron chi connectivity index (χ3n) is 5.69. The van der Waals surface area contributed by atoms with E-state index in [0.29, 0.717) is 25.1 Å². The highest BCUT2D eigenvalue weighted by Gasteiger charge is 2.33. The third kappa shape index (κ3) is 5.18. The fourth-order valence-electron chi connectivity index (χ4n) is 4.24. The Balaban J connectivity index is 1.42. The SMILES string of the molecule is C=CCCC(=O)N1CCC(N2CCC[C@H]2COCc2ccccc2)CC1. The first kappa shape index (κ1) is 19.1. The average molecular weight is 357 g/mol. The van der Waals surface area contributed by atoms with Crippen LogP contribution < -0.4 is 0 Å². The molecule has 4 heteroatoms. The van der Waals surface area contributed by atoms with E-state index in [1.54, 1.807) is 0 Å². The molecule has 2 aliphatic heterocycles. The van der Waals surface area contributed by atoms with Crippen LogP contribution in [-0.4, -0.2) is 54.0 Å². The average Bonchev–Trinajstić information content (AvgIpc) is 3.15. The summed E-state index contributed by atoms with van der Waals surface area (Å²) in [6.45, 7) is 8.18. The third-order valence-corrected chi connectivity index (χ3v) is 5.69. The molecule has 2 heterocycles. The number of nitrogens with zero attached hydrogens (tertiary/aromatic N) is 2. The molecule has 0 radical (unpaired) electrons. The number of hydrogen-bond acceptors (Lipinski definition) is 3. The van der Waals surface area contributed by atoms with Crippen LogP contribution in [0.15, 0.2) is 43.0 Å². The molecule has 142 valence electrons. The molecule has 0 aromatic heterocycles. The number of ether oxygens (including phenoxy) is 1. The molecule has 0 bridgehead atoms. The van der Waals surface area contributed by atoms with E-state index in [-0.39, 0.29) is 5.91 Å². The zero-order valence-corrected chi connectivity index (χ0v) is 15.8. The molecule has 0 spiro atoms. The molecule has 1 aromatic carbocycles. The molecular weight excluding hydrogens is 324 g/mol. The molecule has 2 fully saturated rings. The Hall–Kier alpha value is -1.65. The van der Waals surface area contributed by atoms with Gasteiger partial charge < -0.3 is 9.64 Å². The molecular formula is C22H32N2O2. The smallest absolute Gasteiger partial charge is 0.222 e. The van der Waals surface area contributed by atoms with Crippen LogP contribution in [0.1, 0.15) is 44.1 Å². The second-order valence-corrected chi connectivity index (χ2v) is 7.47. The number of carbonyl (C=O) groups excluding carboxylic acids is 1. The van der Waals surface area contributed by atoms with Crippen molar-refractivity contribution in [2.75, 3.05) is 26.2 Å². The van der Waals surface area contributed by atoms with Gasteiger partial charge in [-0.05, 0) is 44.2 Å². The molecule has 1 aromatic rings. The predicted molar refractivity (Wildman–Crippen MR) is 105 cm³/mol. The van der Waals surface area contributed by atoms with E-state index in [4.69, 9.17) is 4.74 Å². The molecule has 4 nitrogen and oxygen atoms in total. The highest BCUT2D eigenvalue weighted by Crippen LogP contribution is 2.26. The molecule has 2 aliphatic rings. The molecule has 0 unspecified atom stereocenters. The Morgan fingerprint density at radius 1 is 1.15 bits per heavy atom. The van der Waals surface area contributed by atoms with Gasteiger partial charge in [0.1, 0.15) is 0 Å². The monoisotopic (exact) mass is 356 g/mol. The molecule has 0 N–H and O–H groups in total. The first-order valence-corrected chi connectivity index (χ1v) is 10.0. The van der Waals surface area contributed by atoms with E-state index in [0.717, 1.165) is 39.0 Å². The van der Waals surface area contributed by atoms with Crippen LogP contribution >= 0.6 is 0 Å². The molecule has 1 amide bonds.